The van der Waals surface area contributed by atoms with Crippen molar-refractivity contribution in [2.45, 2.75) is 32.9 Å². The van der Waals surface area contributed by atoms with Crippen molar-refractivity contribution in [2.75, 3.05) is 23.7 Å². The molecule has 0 aliphatic carbocycles. The Balaban J connectivity index is 2.67. The van der Waals surface area contributed by atoms with Crippen molar-refractivity contribution in [1.82, 2.24) is 0 Å². The zero-order valence-corrected chi connectivity index (χ0v) is 12.6. The van der Waals surface area contributed by atoms with E-state index in [2.05, 4.69) is 32.6 Å². The summed E-state index contributed by atoms with van der Waals surface area (Å²) in [4.78, 5) is 14.2. The highest BCUT2D eigenvalue weighted by Crippen LogP contribution is 2.17. The van der Waals surface area contributed by atoms with Crippen LogP contribution in [0.15, 0.2) is 24.3 Å². The van der Waals surface area contributed by atoms with Crippen molar-refractivity contribution in [3.63, 3.8) is 0 Å². The number of thioether (sulfide) groups is 1. The maximum Gasteiger partial charge on any atom is 0.172 e. The van der Waals surface area contributed by atoms with Gasteiger partial charge in [0.25, 0.3) is 0 Å². The highest BCUT2D eigenvalue weighted by Gasteiger charge is 2.08. The lowest BCUT2D eigenvalue weighted by atomic mass is 10.1. The molecule has 0 aromatic heterocycles. The SMILES string of the molecule is CCN(CC)c1ccc(C(=O)CSC(C)C)cc1. The molecule has 18 heavy (non-hydrogen) atoms. The van der Waals surface area contributed by atoms with Gasteiger partial charge < -0.3 is 4.90 Å². The van der Waals surface area contributed by atoms with Crippen LogP contribution in [0.2, 0.25) is 0 Å². The lowest BCUT2D eigenvalue weighted by molar-refractivity contribution is 0.102. The second kappa shape index (κ2) is 7.47. The van der Waals surface area contributed by atoms with E-state index in [1.807, 2.05) is 24.3 Å². The first kappa shape index (κ1) is 15.1. The van der Waals surface area contributed by atoms with E-state index in [-0.39, 0.29) is 5.78 Å². The number of hydrogen-bond donors (Lipinski definition) is 0. The number of benzene rings is 1. The van der Waals surface area contributed by atoms with Crippen molar-refractivity contribution >= 4 is 23.2 Å². The zero-order valence-electron chi connectivity index (χ0n) is 11.8. The molecule has 0 heterocycles. The quantitative estimate of drug-likeness (QED) is 0.698. The minimum Gasteiger partial charge on any atom is -0.372 e. The fraction of sp³-hybridized carbons (Fsp3) is 0.533. The van der Waals surface area contributed by atoms with Crippen molar-refractivity contribution in [2.24, 2.45) is 0 Å². The first-order valence-electron chi connectivity index (χ1n) is 6.58. The molecule has 0 radical (unpaired) electrons. The summed E-state index contributed by atoms with van der Waals surface area (Å²) < 4.78 is 0. The summed E-state index contributed by atoms with van der Waals surface area (Å²) in [6, 6.07) is 7.97. The minimum absolute atomic E-state index is 0.222. The van der Waals surface area contributed by atoms with E-state index in [0.29, 0.717) is 11.0 Å². The van der Waals surface area contributed by atoms with Gasteiger partial charge in [0.05, 0.1) is 5.75 Å². The van der Waals surface area contributed by atoms with Crippen molar-refractivity contribution in [3.8, 4) is 0 Å². The summed E-state index contributed by atoms with van der Waals surface area (Å²) in [5.41, 5.74) is 2.01. The van der Waals surface area contributed by atoms with Gasteiger partial charge in [0, 0.05) is 24.3 Å². The summed E-state index contributed by atoms with van der Waals surface area (Å²) in [6.07, 6.45) is 0. The Morgan fingerprint density at radius 3 is 2.17 bits per heavy atom. The summed E-state index contributed by atoms with van der Waals surface area (Å²) in [5.74, 6) is 0.794. The van der Waals surface area contributed by atoms with Gasteiger partial charge in [-0.1, -0.05) is 13.8 Å². The van der Waals surface area contributed by atoms with Crippen LogP contribution in [0.25, 0.3) is 0 Å². The first-order chi connectivity index (χ1) is 8.58. The standard InChI is InChI=1S/C15H23NOS/c1-5-16(6-2)14-9-7-13(8-10-14)15(17)11-18-12(3)4/h7-10,12H,5-6,11H2,1-4H3. The van der Waals surface area contributed by atoms with Crippen LogP contribution >= 0.6 is 11.8 Å². The molecule has 0 saturated carbocycles. The Labute approximate surface area is 115 Å². The van der Waals surface area contributed by atoms with Crippen LogP contribution in [0.4, 0.5) is 5.69 Å². The van der Waals surface area contributed by atoms with Crippen LogP contribution in [0.1, 0.15) is 38.1 Å². The lowest BCUT2D eigenvalue weighted by Crippen LogP contribution is -2.21. The molecule has 0 aliphatic rings. The minimum atomic E-state index is 0.222. The predicted molar refractivity (Wildman–Crippen MR) is 81.9 cm³/mol. The zero-order chi connectivity index (χ0) is 13.5. The van der Waals surface area contributed by atoms with Crippen LogP contribution in [0, 0.1) is 0 Å². The Kier molecular flexibility index (Phi) is 6.27. The second-order valence-electron chi connectivity index (χ2n) is 4.50. The number of rotatable bonds is 7. The second-order valence-corrected chi connectivity index (χ2v) is 6.07. The third-order valence-corrected chi connectivity index (χ3v) is 3.96. The van der Waals surface area contributed by atoms with Crippen LogP contribution in [-0.4, -0.2) is 29.9 Å². The van der Waals surface area contributed by atoms with Crippen LogP contribution < -0.4 is 4.90 Å². The van der Waals surface area contributed by atoms with E-state index in [0.717, 1.165) is 18.7 Å². The van der Waals surface area contributed by atoms with Gasteiger partial charge in [-0.3, -0.25) is 4.79 Å². The number of anilines is 1. The van der Waals surface area contributed by atoms with E-state index in [4.69, 9.17) is 0 Å². The highest BCUT2D eigenvalue weighted by atomic mass is 32.2. The molecule has 0 unspecified atom stereocenters. The normalized spacial score (nSPS) is 10.7. The molecule has 0 fully saturated rings. The number of ketones is 1. The largest absolute Gasteiger partial charge is 0.372 e. The lowest BCUT2D eigenvalue weighted by Gasteiger charge is -2.21. The number of carbonyl (C=O) groups is 1. The molecule has 0 atom stereocenters. The molecule has 2 nitrogen and oxygen atoms in total. The van der Waals surface area contributed by atoms with Crippen LogP contribution in [0.5, 0.6) is 0 Å². The Morgan fingerprint density at radius 2 is 1.72 bits per heavy atom. The third-order valence-electron chi connectivity index (χ3n) is 2.87. The molecule has 0 aliphatic heterocycles. The van der Waals surface area contributed by atoms with Gasteiger partial charge in [-0.05, 0) is 43.4 Å². The van der Waals surface area contributed by atoms with E-state index in [1.165, 1.54) is 5.69 Å². The van der Waals surface area contributed by atoms with Crippen molar-refractivity contribution in [3.05, 3.63) is 29.8 Å². The van der Waals surface area contributed by atoms with Gasteiger partial charge >= 0.3 is 0 Å². The maximum absolute atomic E-state index is 11.9. The van der Waals surface area contributed by atoms with Gasteiger partial charge in [0.2, 0.25) is 0 Å². The Hall–Kier alpha value is -0.960. The fourth-order valence-electron chi connectivity index (χ4n) is 1.77. The third kappa shape index (κ3) is 4.37. The summed E-state index contributed by atoms with van der Waals surface area (Å²) >= 11 is 1.69. The molecular formula is C15H23NOS. The smallest absolute Gasteiger partial charge is 0.172 e. The predicted octanol–water partition coefficient (Wildman–Crippen LogP) is 3.86. The number of hydrogen-bond acceptors (Lipinski definition) is 3. The Morgan fingerprint density at radius 1 is 1.17 bits per heavy atom. The van der Waals surface area contributed by atoms with Crippen molar-refractivity contribution in [1.29, 1.82) is 0 Å². The summed E-state index contributed by atoms with van der Waals surface area (Å²) in [6.45, 7) is 10.5. The number of Topliss-reactive ketones (excluding diaryl/α,β-unsaturated/α-hetero) is 1. The van der Waals surface area contributed by atoms with Gasteiger partial charge in [0.15, 0.2) is 5.78 Å². The summed E-state index contributed by atoms with van der Waals surface area (Å²) in [5, 5.41) is 0.504. The fourth-order valence-corrected chi connectivity index (χ4v) is 2.42. The number of nitrogens with zero attached hydrogens (tertiary/aromatic N) is 1. The molecule has 0 N–H and O–H groups in total. The molecule has 1 rings (SSSR count). The molecule has 100 valence electrons. The monoisotopic (exact) mass is 265 g/mol. The molecular weight excluding hydrogens is 242 g/mol. The number of carbonyl (C=O) groups excluding carboxylic acids is 1. The molecule has 0 amide bonds. The molecule has 1 aromatic carbocycles. The molecule has 0 saturated heterocycles. The van der Waals surface area contributed by atoms with Gasteiger partial charge in [-0.2, -0.15) is 11.8 Å². The van der Waals surface area contributed by atoms with E-state index < -0.39 is 0 Å². The maximum atomic E-state index is 11.9. The van der Waals surface area contributed by atoms with E-state index in [1.54, 1.807) is 11.8 Å². The summed E-state index contributed by atoms with van der Waals surface area (Å²) in [7, 11) is 0. The molecule has 0 bridgehead atoms. The van der Waals surface area contributed by atoms with Gasteiger partial charge in [-0.15, -0.1) is 0 Å². The average Bonchev–Trinajstić information content (AvgIpc) is 2.38. The van der Waals surface area contributed by atoms with Crippen LogP contribution in [0.3, 0.4) is 0 Å². The highest BCUT2D eigenvalue weighted by molar-refractivity contribution is 8.00. The van der Waals surface area contributed by atoms with Crippen molar-refractivity contribution < 1.29 is 4.79 Å². The topological polar surface area (TPSA) is 20.3 Å². The van der Waals surface area contributed by atoms with Gasteiger partial charge in [0.1, 0.15) is 0 Å². The Bertz CT molecular complexity index is 369. The first-order valence-corrected chi connectivity index (χ1v) is 7.63. The van der Waals surface area contributed by atoms with E-state index >= 15 is 0 Å². The average molecular weight is 265 g/mol. The van der Waals surface area contributed by atoms with Gasteiger partial charge in [-0.25, -0.2) is 0 Å². The molecule has 1 aromatic rings. The molecule has 0 spiro atoms. The molecule has 3 heteroatoms. The van der Waals surface area contributed by atoms with Crippen LogP contribution in [-0.2, 0) is 0 Å². The van der Waals surface area contributed by atoms with E-state index in [9.17, 15) is 4.79 Å².